The number of ether oxygens (including phenoxy) is 1. The van der Waals surface area contributed by atoms with Gasteiger partial charge in [-0.3, -0.25) is 0 Å². The van der Waals surface area contributed by atoms with E-state index in [0.717, 1.165) is 18.7 Å². The number of methoxy groups -OCH3 is 1. The molecule has 2 heteroatoms. The molecular formula is C14H23NO. The highest BCUT2D eigenvalue weighted by molar-refractivity contribution is 5.36. The fraction of sp³-hybridized carbons (Fsp3) is 0.571. The summed E-state index contributed by atoms with van der Waals surface area (Å²) >= 11 is 0. The molecule has 0 spiro atoms. The Morgan fingerprint density at radius 1 is 1.31 bits per heavy atom. The van der Waals surface area contributed by atoms with Crippen molar-refractivity contribution < 1.29 is 4.74 Å². The van der Waals surface area contributed by atoms with Gasteiger partial charge in [-0.25, -0.2) is 0 Å². The van der Waals surface area contributed by atoms with E-state index in [9.17, 15) is 0 Å². The molecule has 0 unspecified atom stereocenters. The van der Waals surface area contributed by atoms with Gasteiger partial charge in [-0.2, -0.15) is 0 Å². The average Bonchev–Trinajstić information content (AvgIpc) is 2.27. The molecule has 0 bridgehead atoms. The van der Waals surface area contributed by atoms with Crippen LogP contribution in [0, 0.1) is 6.92 Å². The Labute approximate surface area is 99.0 Å². The maximum Gasteiger partial charge on any atom is 0.123 e. The number of aryl methyl sites for hydroxylation is 1. The van der Waals surface area contributed by atoms with E-state index in [1.807, 2.05) is 6.07 Å². The molecule has 0 saturated carbocycles. The highest BCUT2D eigenvalue weighted by Gasteiger charge is 2.14. The molecule has 0 radical (unpaired) electrons. The summed E-state index contributed by atoms with van der Waals surface area (Å²) in [6, 6.07) is 6.29. The molecule has 0 saturated heterocycles. The first-order valence-corrected chi connectivity index (χ1v) is 5.87. The molecule has 1 aromatic rings. The third-order valence-electron chi connectivity index (χ3n) is 3.08. The number of nitrogens with one attached hydrogen (secondary N) is 1. The van der Waals surface area contributed by atoms with Crippen molar-refractivity contribution in [2.24, 2.45) is 0 Å². The van der Waals surface area contributed by atoms with Gasteiger partial charge in [0, 0.05) is 17.6 Å². The van der Waals surface area contributed by atoms with Crippen molar-refractivity contribution in [2.75, 3.05) is 7.11 Å². The minimum absolute atomic E-state index is 0.175. The molecule has 1 N–H and O–H groups in total. The summed E-state index contributed by atoms with van der Waals surface area (Å²) in [6.45, 7) is 9.59. The first-order valence-electron chi connectivity index (χ1n) is 5.87. The maximum absolute atomic E-state index is 5.36. The van der Waals surface area contributed by atoms with Gasteiger partial charge < -0.3 is 10.1 Å². The first-order chi connectivity index (χ1) is 7.48. The van der Waals surface area contributed by atoms with Crippen molar-refractivity contribution >= 4 is 0 Å². The van der Waals surface area contributed by atoms with E-state index in [-0.39, 0.29) is 5.54 Å². The number of benzene rings is 1. The van der Waals surface area contributed by atoms with Gasteiger partial charge in [0.15, 0.2) is 0 Å². The lowest BCUT2D eigenvalue weighted by Gasteiger charge is -2.25. The van der Waals surface area contributed by atoms with Crippen LogP contribution in [0.3, 0.4) is 0 Å². The Morgan fingerprint density at radius 3 is 2.56 bits per heavy atom. The van der Waals surface area contributed by atoms with Crippen molar-refractivity contribution in [3.05, 3.63) is 29.3 Å². The summed E-state index contributed by atoms with van der Waals surface area (Å²) in [4.78, 5) is 0. The molecular weight excluding hydrogens is 198 g/mol. The summed E-state index contributed by atoms with van der Waals surface area (Å²) in [5, 5.41) is 3.55. The SMILES string of the molecule is CCC(C)(C)NCc1cc(C)ccc1OC. The third-order valence-corrected chi connectivity index (χ3v) is 3.08. The lowest BCUT2D eigenvalue weighted by molar-refractivity contribution is 0.364. The van der Waals surface area contributed by atoms with Crippen molar-refractivity contribution in [3.8, 4) is 5.75 Å². The summed E-state index contributed by atoms with van der Waals surface area (Å²) in [5.41, 5.74) is 2.67. The molecule has 0 heterocycles. The van der Waals surface area contributed by atoms with E-state index in [2.05, 4.69) is 45.1 Å². The highest BCUT2D eigenvalue weighted by Crippen LogP contribution is 2.20. The molecule has 0 amide bonds. The van der Waals surface area contributed by atoms with E-state index in [0.29, 0.717) is 0 Å². The fourth-order valence-electron chi connectivity index (χ4n) is 1.51. The average molecular weight is 221 g/mol. The van der Waals surface area contributed by atoms with Gasteiger partial charge in [-0.15, -0.1) is 0 Å². The Morgan fingerprint density at radius 2 is 2.00 bits per heavy atom. The zero-order chi connectivity index (χ0) is 12.2. The molecule has 0 aromatic heterocycles. The van der Waals surface area contributed by atoms with Gasteiger partial charge in [-0.1, -0.05) is 24.6 Å². The van der Waals surface area contributed by atoms with Gasteiger partial charge in [0.25, 0.3) is 0 Å². The zero-order valence-corrected chi connectivity index (χ0v) is 11.1. The molecule has 1 aromatic carbocycles. The van der Waals surface area contributed by atoms with Crippen molar-refractivity contribution in [2.45, 2.75) is 46.2 Å². The lowest BCUT2D eigenvalue weighted by atomic mass is 10.0. The van der Waals surface area contributed by atoms with Crippen LogP contribution in [0.1, 0.15) is 38.3 Å². The third kappa shape index (κ3) is 3.53. The molecule has 0 aliphatic heterocycles. The minimum atomic E-state index is 0.175. The molecule has 0 fully saturated rings. The predicted octanol–water partition coefficient (Wildman–Crippen LogP) is 3.28. The molecule has 0 aliphatic rings. The quantitative estimate of drug-likeness (QED) is 0.824. The van der Waals surface area contributed by atoms with Crippen molar-refractivity contribution in [3.63, 3.8) is 0 Å². The van der Waals surface area contributed by atoms with Crippen LogP contribution in [0.15, 0.2) is 18.2 Å². The van der Waals surface area contributed by atoms with E-state index in [1.165, 1.54) is 11.1 Å². The Hall–Kier alpha value is -1.02. The summed E-state index contributed by atoms with van der Waals surface area (Å²) < 4.78 is 5.36. The highest BCUT2D eigenvalue weighted by atomic mass is 16.5. The number of rotatable bonds is 5. The van der Waals surface area contributed by atoms with Crippen LogP contribution in [0.25, 0.3) is 0 Å². The Balaban J connectivity index is 2.76. The first kappa shape index (κ1) is 13.0. The minimum Gasteiger partial charge on any atom is -0.496 e. The zero-order valence-electron chi connectivity index (χ0n) is 11.1. The normalized spacial score (nSPS) is 11.6. The van der Waals surface area contributed by atoms with Gasteiger partial charge in [-0.05, 0) is 33.3 Å². The monoisotopic (exact) mass is 221 g/mol. The Kier molecular flexibility index (Phi) is 4.36. The van der Waals surface area contributed by atoms with Gasteiger partial charge in [0.05, 0.1) is 7.11 Å². The molecule has 0 atom stereocenters. The van der Waals surface area contributed by atoms with E-state index in [1.54, 1.807) is 7.11 Å². The van der Waals surface area contributed by atoms with Crippen LogP contribution in [0.2, 0.25) is 0 Å². The second kappa shape index (κ2) is 5.35. The molecule has 2 nitrogen and oxygen atoms in total. The van der Waals surface area contributed by atoms with Crippen LogP contribution in [0.4, 0.5) is 0 Å². The van der Waals surface area contributed by atoms with Crippen LogP contribution >= 0.6 is 0 Å². The molecule has 0 aliphatic carbocycles. The topological polar surface area (TPSA) is 21.3 Å². The standard InChI is InChI=1S/C14H23NO/c1-6-14(3,4)15-10-12-9-11(2)7-8-13(12)16-5/h7-9,15H,6,10H2,1-5H3. The Bertz CT molecular complexity index is 345. The summed E-state index contributed by atoms with van der Waals surface area (Å²) in [6.07, 6.45) is 1.11. The second-order valence-corrected chi connectivity index (χ2v) is 4.91. The van der Waals surface area contributed by atoms with E-state index < -0.39 is 0 Å². The largest absolute Gasteiger partial charge is 0.496 e. The van der Waals surface area contributed by atoms with Crippen LogP contribution in [0.5, 0.6) is 5.75 Å². The van der Waals surface area contributed by atoms with Crippen LogP contribution < -0.4 is 10.1 Å². The molecule has 1 rings (SSSR count). The van der Waals surface area contributed by atoms with Crippen molar-refractivity contribution in [1.82, 2.24) is 5.32 Å². The fourth-order valence-corrected chi connectivity index (χ4v) is 1.51. The van der Waals surface area contributed by atoms with Gasteiger partial charge in [0.1, 0.15) is 5.75 Å². The number of hydrogen-bond donors (Lipinski definition) is 1. The number of hydrogen-bond acceptors (Lipinski definition) is 2. The predicted molar refractivity (Wildman–Crippen MR) is 68.9 cm³/mol. The van der Waals surface area contributed by atoms with Crippen LogP contribution in [-0.4, -0.2) is 12.6 Å². The molecule has 90 valence electrons. The van der Waals surface area contributed by atoms with Gasteiger partial charge in [0.2, 0.25) is 0 Å². The second-order valence-electron chi connectivity index (χ2n) is 4.91. The van der Waals surface area contributed by atoms with E-state index in [4.69, 9.17) is 4.74 Å². The summed E-state index contributed by atoms with van der Waals surface area (Å²) in [7, 11) is 1.72. The lowest BCUT2D eigenvalue weighted by Crippen LogP contribution is -2.37. The van der Waals surface area contributed by atoms with E-state index >= 15 is 0 Å². The van der Waals surface area contributed by atoms with Crippen molar-refractivity contribution in [1.29, 1.82) is 0 Å². The van der Waals surface area contributed by atoms with Crippen LogP contribution in [-0.2, 0) is 6.54 Å². The molecule has 16 heavy (non-hydrogen) atoms. The van der Waals surface area contributed by atoms with Gasteiger partial charge >= 0.3 is 0 Å². The maximum atomic E-state index is 5.36. The smallest absolute Gasteiger partial charge is 0.123 e. The summed E-state index contributed by atoms with van der Waals surface area (Å²) in [5.74, 6) is 0.963.